The van der Waals surface area contributed by atoms with E-state index in [1.54, 1.807) is 6.08 Å². The van der Waals surface area contributed by atoms with E-state index in [2.05, 4.69) is 17.1 Å². The summed E-state index contributed by atoms with van der Waals surface area (Å²) in [5.74, 6) is 0.293. The molecule has 0 bridgehead atoms. The second kappa shape index (κ2) is 5.73. The standard InChI is InChI=1S/C7H15N3O/c1-4-5-11-10-7(8)9-6(2)3/h4,6H,1,5H2,2-3H3,(H3,8,9,10). The van der Waals surface area contributed by atoms with Crippen molar-refractivity contribution in [1.82, 2.24) is 5.48 Å². The maximum absolute atomic E-state index is 5.39. The molecule has 0 aromatic rings. The van der Waals surface area contributed by atoms with Crippen LogP contribution in [0.25, 0.3) is 0 Å². The van der Waals surface area contributed by atoms with Crippen molar-refractivity contribution >= 4 is 5.96 Å². The first-order valence-corrected chi connectivity index (χ1v) is 3.48. The van der Waals surface area contributed by atoms with Gasteiger partial charge in [-0.3, -0.25) is 4.84 Å². The zero-order valence-electron chi connectivity index (χ0n) is 7.00. The molecule has 4 heteroatoms. The van der Waals surface area contributed by atoms with Crippen LogP contribution in [0, 0.1) is 0 Å². The first kappa shape index (κ1) is 9.97. The van der Waals surface area contributed by atoms with Gasteiger partial charge in [-0.15, -0.1) is 6.58 Å². The smallest absolute Gasteiger partial charge is 0.213 e. The molecule has 0 amide bonds. The fourth-order valence-electron chi connectivity index (χ4n) is 0.479. The third kappa shape index (κ3) is 6.86. The SMILES string of the molecule is C=CCONC(N)=NC(C)C. The first-order chi connectivity index (χ1) is 5.16. The lowest BCUT2D eigenvalue weighted by atomic mass is 10.4. The Morgan fingerprint density at radius 2 is 2.45 bits per heavy atom. The van der Waals surface area contributed by atoms with Gasteiger partial charge in [0.2, 0.25) is 5.96 Å². The van der Waals surface area contributed by atoms with Crippen molar-refractivity contribution in [1.29, 1.82) is 0 Å². The summed E-state index contributed by atoms with van der Waals surface area (Å²) in [6, 6.07) is 0.176. The molecule has 64 valence electrons. The van der Waals surface area contributed by atoms with Gasteiger partial charge in [-0.1, -0.05) is 6.08 Å². The largest absolute Gasteiger partial charge is 0.368 e. The van der Waals surface area contributed by atoms with Crippen LogP contribution in [0.5, 0.6) is 0 Å². The summed E-state index contributed by atoms with van der Waals surface area (Å²) in [4.78, 5) is 8.79. The molecular formula is C7H15N3O. The highest BCUT2D eigenvalue weighted by molar-refractivity contribution is 5.76. The summed E-state index contributed by atoms with van der Waals surface area (Å²) in [6.07, 6.45) is 1.62. The molecule has 0 atom stereocenters. The van der Waals surface area contributed by atoms with E-state index in [0.29, 0.717) is 12.6 Å². The fourth-order valence-corrected chi connectivity index (χ4v) is 0.479. The molecule has 0 saturated carbocycles. The van der Waals surface area contributed by atoms with Crippen molar-refractivity contribution in [2.24, 2.45) is 10.7 Å². The second-order valence-electron chi connectivity index (χ2n) is 2.31. The van der Waals surface area contributed by atoms with Gasteiger partial charge < -0.3 is 5.73 Å². The third-order valence-electron chi connectivity index (χ3n) is 0.775. The predicted octanol–water partition coefficient (Wildman–Crippen LogP) is 0.417. The molecule has 3 N–H and O–H groups in total. The highest BCUT2D eigenvalue weighted by atomic mass is 16.6. The molecule has 0 aromatic heterocycles. The van der Waals surface area contributed by atoms with Gasteiger partial charge in [0.25, 0.3) is 0 Å². The molecule has 0 aliphatic rings. The normalized spacial score (nSPS) is 11.7. The first-order valence-electron chi connectivity index (χ1n) is 3.48. The van der Waals surface area contributed by atoms with Crippen molar-refractivity contribution < 1.29 is 4.84 Å². The average Bonchev–Trinajstić information content (AvgIpc) is 1.86. The number of hydroxylamine groups is 1. The minimum atomic E-state index is 0.176. The predicted molar refractivity (Wildman–Crippen MR) is 46.0 cm³/mol. The van der Waals surface area contributed by atoms with Gasteiger partial charge in [0.05, 0.1) is 6.61 Å². The molecule has 0 unspecified atom stereocenters. The van der Waals surface area contributed by atoms with Crippen LogP contribution in [0.3, 0.4) is 0 Å². The number of guanidine groups is 1. The van der Waals surface area contributed by atoms with E-state index in [1.165, 1.54) is 0 Å². The highest BCUT2D eigenvalue weighted by Crippen LogP contribution is 1.83. The molecule has 0 aromatic carbocycles. The van der Waals surface area contributed by atoms with E-state index in [1.807, 2.05) is 13.8 Å². The van der Waals surface area contributed by atoms with Gasteiger partial charge in [0, 0.05) is 6.04 Å². The van der Waals surface area contributed by atoms with Crippen molar-refractivity contribution in [2.75, 3.05) is 6.61 Å². The summed E-state index contributed by atoms with van der Waals surface area (Å²) in [5, 5.41) is 0. The van der Waals surface area contributed by atoms with Crippen molar-refractivity contribution in [3.05, 3.63) is 12.7 Å². The minimum absolute atomic E-state index is 0.176. The van der Waals surface area contributed by atoms with Crippen LogP contribution in [-0.2, 0) is 4.84 Å². The number of hydrogen-bond donors (Lipinski definition) is 2. The Bertz CT molecular complexity index is 143. The van der Waals surface area contributed by atoms with Crippen molar-refractivity contribution in [2.45, 2.75) is 19.9 Å². The van der Waals surface area contributed by atoms with E-state index in [0.717, 1.165) is 0 Å². The summed E-state index contributed by atoms with van der Waals surface area (Å²) in [7, 11) is 0. The maximum Gasteiger partial charge on any atom is 0.213 e. The summed E-state index contributed by atoms with van der Waals surface area (Å²) in [5.41, 5.74) is 7.87. The van der Waals surface area contributed by atoms with Gasteiger partial charge in [-0.2, -0.15) is 0 Å². The van der Waals surface area contributed by atoms with Gasteiger partial charge in [-0.25, -0.2) is 10.5 Å². The van der Waals surface area contributed by atoms with E-state index >= 15 is 0 Å². The lowest BCUT2D eigenvalue weighted by Crippen LogP contribution is -2.32. The lowest BCUT2D eigenvalue weighted by Gasteiger charge is -2.04. The zero-order valence-corrected chi connectivity index (χ0v) is 7.00. The molecule has 0 fully saturated rings. The average molecular weight is 157 g/mol. The van der Waals surface area contributed by atoms with E-state index in [9.17, 15) is 0 Å². The van der Waals surface area contributed by atoms with Crippen molar-refractivity contribution in [3.63, 3.8) is 0 Å². The number of nitrogens with one attached hydrogen (secondary N) is 1. The van der Waals surface area contributed by atoms with Gasteiger partial charge >= 0.3 is 0 Å². The minimum Gasteiger partial charge on any atom is -0.368 e. The third-order valence-corrected chi connectivity index (χ3v) is 0.775. The van der Waals surface area contributed by atoms with Gasteiger partial charge in [0.15, 0.2) is 0 Å². The molecule has 0 rings (SSSR count). The van der Waals surface area contributed by atoms with Crippen LogP contribution in [0.4, 0.5) is 0 Å². The number of aliphatic imine (C=N–C) groups is 1. The quantitative estimate of drug-likeness (QED) is 0.204. The van der Waals surface area contributed by atoms with E-state index in [4.69, 9.17) is 10.6 Å². The monoisotopic (exact) mass is 157 g/mol. The molecule has 0 radical (unpaired) electrons. The van der Waals surface area contributed by atoms with Crippen molar-refractivity contribution in [3.8, 4) is 0 Å². The van der Waals surface area contributed by atoms with Crippen LogP contribution in [0.15, 0.2) is 17.6 Å². The van der Waals surface area contributed by atoms with Gasteiger partial charge in [0.1, 0.15) is 0 Å². The number of nitrogens with two attached hydrogens (primary N) is 1. The number of hydrogen-bond acceptors (Lipinski definition) is 2. The van der Waals surface area contributed by atoms with Crippen LogP contribution >= 0.6 is 0 Å². The summed E-state index contributed by atoms with van der Waals surface area (Å²) in [6.45, 7) is 7.75. The molecule has 0 aliphatic heterocycles. The molecule has 0 heterocycles. The lowest BCUT2D eigenvalue weighted by molar-refractivity contribution is 0.109. The highest BCUT2D eigenvalue weighted by Gasteiger charge is 1.91. The molecular weight excluding hydrogens is 142 g/mol. The Morgan fingerprint density at radius 1 is 1.82 bits per heavy atom. The van der Waals surface area contributed by atoms with Crippen LogP contribution in [0.2, 0.25) is 0 Å². The summed E-state index contributed by atoms with van der Waals surface area (Å²) >= 11 is 0. The van der Waals surface area contributed by atoms with Crippen LogP contribution in [-0.4, -0.2) is 18.6 Å². The second-order valence-corrected chi connectivity index (χ2v) is 2.31. The Kier molecular flexibility index (Phi) is 5.20. The Morgan fingerprint density at radius 3 is 2.91 bits per heavy atom. The van der Waals surface area contributed by atoms with E-state index in [-0.39, 0.29) is 6.04 Å². The molecule has 4 nitrogen and oxygen atoms in total. The van der Waals surface area contributed by atoms with E-state index < -0.39 is 0 Å². The summed E-state index contributed by atoms with van der Waals surface area (Å²) < 4.78 is 0. The van der Waals surface area contributed by atoms with Gasteiger partial charge in [-0.05, 0) is 13.8 Å². The Labute approximate surface area is 67.1 Å². The fraction of sp³-hybridized carbons (Fsp3) is 0.571. The number of nitrogens with zero attached hydrogens (tertiary/aromatic N) is 1. The maximum atomic E-state index is 5.39. The number of rotatable bonds is 4. The zero-order chi connectivity index (χ0) is 8.69. The molecule has 11 heavy (non-hydrogen) atoms. The topological polar surface area (TPSA) is 59.6 Å². The molecule has 0 aliphatic carbocycles. The molecule has 0 saturated heterocycles. The Hall–Kier alpha value is -1.03. The van der Waals surface area contributed by atoms with Crippen LogP contribution < -0.4 is 11.2 Å². The Balaban J connectivity index is 3.50. The van der Waals surface area contributed by atoms with Crippen LogP contribution in [0.1, 0.15) is 13.8 Å². The molecule has 0 spiro atoms.